The van der Waals surface area contributed by atoms with Crippen molar-refractivity contribution in [3.63, 3.8) is 0 Å². The molecule has 0 aromatic carbocycles. The molecule has 0 heterocycles. The summed E-state index contributed by atoms with van der Waals surface area (Å²) in [5.41, 5.74) is 6.61. The molecule has 10 heavy (non-hydrogen) atoms. The second-order valence-corrected chi connectivity index (χ2v) is 5.20. The Kier molecular flexibility index (Phi) is 0.298. The highest BCUT2D eigenvalue weighted by molar-refractivity contribution is 5.50. The third-order valence-corrected chi connectivity index (χ3v) is 6.04. The Morgan fingerprint density at radius 2 is 1.40 bits per heavy atom. The first-order valence-electron chi connectivity index (χ1n) is 4.63. The predicted octanol–water partition coefficient (Wildman–Crippen LogP) is 0.313. The number of hydrogen-bond donors (Lipinski definition) is 1. The maximum atomic E-state index is 5.82. The van der Waals surface area contributed by atoms with E-state index in [1.54, 1.807) is 0 Å². The largest absolute Gasteiger partial charge is 0.330 e. The van der Waals surface area contributed by atoms with Crippen LogP contribution < -0.4 is 5.73 Å². The fraction of sp³-hybridized carbons (Fsp3) is 1.00. The summed E-state index contributed by atoms with van der Waals surface area (Å²) in [6.45, 7) is 1.03. The average Bonchev–Trinajstić information content (AvgIpc) is 2.05. The van der Waals surface area contributed by atoms with Crippen LogP contribution in [0, 0.1) is 46.8 Å². The number of rotatable bonds is 1. The smallest absolute Gasteiger partial charge is 0.00119 e. The van der Waals surface area contributed by atoms with Gasteiger partial charge in [-0.15, -0.1) is 0 Å². The molecule has 6 fully saturated rings. The minimum Gasteiger partial charge on any atom is -0.330 e. The highest BCUT2D eigenvalue weighted by atomic mass is 15.1. The van der Waals surface area contributed by atoms with E-state index in [2.05, 4.69) is 0 Å². The first kappa shape index (κ1) is 4.10. The molecule has 6 rings (SSSR count). The van der Waals surface area contributed by atoms with E-state index in [4.69, 9.17) is 5.73 Å². The zero-order chi connectivity index (χ0) is 6.25. The van der Waals surface area contributed by atoms with Crippen LogP contribution in [-0.4, -0.2) is 6.54 Å². The Hall–Kier alpha value is -0.0400. The highest BCUT2D eigenvalue weighted by Gasteiger charge is 3.03. The second-order valence-electron chi connectivity index (χ2n) is 5.20. The molecule has 2 N–H and O–H groups in total. The minimum absolute atomic E-state index is 0.786. The summed E-state index contributed by atoms with van der Waals surface area (Å²) in [5.74, 6) is 8.44. The Balaban J connectivity index is 1.79. The van der Waals surface area contributed by atoms with Crippen LogP contribution in [0.4, 0.5) is 0 Å². The molecule has 0 atom stereocenters. The van der Waals surface area contributed by atoms with Crippen molar-refractivity contribution in [1.82, 2.24) is 0 Å². The van der Waals surface area contributed by atoms with Crippen LogP contribution in [0.5, 0.6) is 0 Å². The van der Waals surface area contributed by atoms with Crippen molar-refractivity contribution in [2.75, 3.05) is 6.54 Å². The normalized spacial score (nSPS) is 96.3. The first-order valence-corrected chi connectivity index (χ1v) is 4.63. The molecule has 6 saturated carbocycles. The molecule has 52 valence electrons. The second kappa shape index (κ2) is 0.726. The first-order chi connectivity index (χ1) is 4.93. The van der Waals surface area contributed by atoms with Gasteiger partial charge in [0.15, 0.2) is 0 Å². The lowest BCUT2D eigenvalue weighted by Crippen LogP contribution is -3.06. The van der Waals surface area contributed by atoms with Gasteiger partial charge in [-0.1, -0.05) is 0 Å². The van der Waals surface area contributed by atoms with Crippen LogP contribution >= 0.6 is 0 Å². The monoisotopic (exact) mass is 133 g/mol. The van der Waals surface area contributed by atoms with Crippen LogP contribution in [0.2, 0.25) is 0 Å². The van der Waals surface area contributed by atoms with Gasteiger partial charge in [0.2, 0.25) is 0 Å². The summed E-state index contributed by atoms with van der Waals surface area (Å²) in [7, 11) is 0. The molecule has 0 aliphatic heterocycles. The fourth-order valence-corrected chi connectivity index (χ4v) is 6.08. The number of hydrogen-bond acceptors (Lipinski definition) is 1. The Labute approximate surface area is 60.0 Å². The SMILES string of the molecule is NCC12C3C4C5C3C1C5C42. The van der Waals surface area contributed by atoms with Gasteiger partial charge in [0.05, 0.1) is 0 Å². The van der Waals surface area contributed by atoms with Crippen molar-refractivity contribution in [3.05, 3.63) is 0 Å². The van der Waals surface area contributed by atoms with Crippen molar-refractivity contribution >= 4 is 0 Å². The zero-order valence-corrected chi connectivity index (χ0v) is 5.83. The van der Waals surface area contributed by atoms with Gasteiger partial charge >= 0.3 is 0 Å². The Morgan fingerprint density at radius 3 is 1.70 bits per heavy atom. The van der Waals surface area contributed by atoms with Gasteiger partial charge in [0, 0.05) is 0 Å². The molecule has 0 bridgehead atoms. The quantitative estimate of drug-likeness (QED) is 0.547. The molecule has 0 aromatic heterocycles. The van der Waals surface area contributed by atoms with Crippen molar-refractivity contribution < 1.29 is 0 Å². The van der Waals surface area contributed by atoms with E-state index in [0.29, 0.717) is 0 Å². The molecular formula is C9H11N. The number of nitrogens with two attached hydrogens (primary N) is 1. The van der Waals surface area contributed by atoms with Crippen molar-refractivity contribution in [1.29, 1.82) is 0 Å². The lowest BCUT2D eigenvalue weighted by atomic mass is 8.96. The maximum absolute atomic E-state index is 5.82. The van der Waals surface area contributed by atoms with Crippen LogP contribution in [-0.2, 0) is 0 Å². The molecule has 0 aromatic rings. The Morgan fingerprint density at radius 1 is 0.900 bits per heavy atom. The standard InChI is InChI=1S/C9H11N/c10-1-9-6-3-2-4(6)8(9)5(2)7(3)9/h2-8H,1,10H2. The predicted molar refractivity (Wildman–Crippen MR) is 35.9 cm³/mol. The van der Waals surface area contributed by atoms with Gasteiger partial charge < -0.3 is 5.73 Å². The van der Waals surface area contributed by atoms with E-state index in [1.165, 1.54) is 41.4 Å². The van der Waals surface area contributed by atoms with E-state index >= 15 is 0 Å². The van der Waals surface area contributed by atoms with E-state index in [0.717, 1.165) is 12.0 Å². The van der Waals surface area contributed by atoms with E-state index in [9.17, 15) is 0 Å². The summed E-state index contributed by atoms with van der Waals surface area (Å²) in [5, 5.41) is 0. The van der Waals surface area contributed by atoms with Gasteiger partial charge in [-0.05, 0) is 53.4 Å². The molecule has 0 radical (unpaired) electrons. The fourth-order valence-electron chi connectivity index (χ4n) is 6.08. The summed E-state index contributed by atoms with van der Waals surface area (Å²) in [6.07, 6.45) is 0. The van der Waals surface area contributed by atoms with E-state index in [-0.39, 0.29) is 0 Å². The van der Waals surface area contributed by atoms with Gasteiger partial charge in [-0.3, -0.25) is 0 Å². The molecule has 1 nitrogen and oxygen atoms in total. The summed E-state index contributed by atoms with van der Waals surface area (Å²) in [6, 6.07) is 0. The van der Waals surface area contributed by atoms with Gasteiger partial charge in [0.25, 0.3) is 0 Å². The lowest BCUT2D eigenvalue weighted by Gasteiger charge is -3.08. The summed E-state index contributed by atoms with van der Waals surface area (Å²) < 4.78 is 0. The van der Waals surface area contributed by atoms with Crippen LogP contribution in [0.25, 0.3) is 0 Å². The van der Waals surface area contributed by atoms with Crippen LogP contribution in [0.1, 0.15) is 0 Å². The molecular weight excluding hydrogens is 122 g/mol. The summed E-state index contributed by atoms with van der Waals surface area (Å²) >= 11 is 0. The average molecular weight is 133 g/mol. The van der Waals surface area contributed by atoms with Gasteiger partial charge in [-0.2, -0.15) is 0 Å². The molecule has 0 unspecified atom stereocenters. The molecule has 0 saturated heterocycles. The maximum Gasteiger partial charge on any atom is -0.00119 e. The Bertz CT molecular complexity index is 219. The van der Waals surface area contributed by atoms with Gasteiger partial charge in [0.1, 0.15) is 0 Å². The molecule has 6 aliphatic carbocycles. The van der Waals surface area contributed by atoms with Gasteiger partial charge in [-0.25, -0.2) is 0 Å². The van der Waals surface area contributed by atoms with Crippen LogP contribution in [0.3, 0.4) is 0 Å². The molecule has 0 amide bonds. The zero-order valence-electron chi connectivity index (χ0n) is 5.83. The minimum atomic E-state index is 0.786. The highest BCUT2D eigenvalue weighted by Crippen LogP contribution is 3.05. The summed E-state index contributed by atoms with van der Waals surface area (Å²) in [4.78, 5) is 0. The van der Waals surface area contributed by atoms with E-state index in [1.807, 2.05) is 0 Å². The lowest BCUT2D eigenvalue weighted by molar-refractivity contribution is -0.611. The van der Waals surface area contributed by atoms with Crippen molar-refractivity contribution in [3.8, 4) is 0 Å². The molecule has 6 aliphatic rings. The van der Waals surface area contributed by atoms with Crippen molar-refractivity contribution in [2.45, 2.75) is 0 Å². The van der Waals surface area contributed by atoms with Crippen molar-refractivity contribution in [2.24, 2.45) is 52.6 Å². The molecule has 1 heteroatoms. The molecule has 0 spiro atoms. The van der Waals surface area contributed by atoms with E-state index < -0.39 is 0 Å². The third kappa shape index (κ3) is 0.119. The third-order valence-electron chi connectivity index (χ3n) is 6.04. The topological polar surface area (TPSA) is 26.0 Å². The van der Waals surface area contributed by atoms with Crippen LogP contribution in [0.15, 0.2) is 0 Å².